The van der Waals surface area contributed by atoms with Gasteiger partial charge in [0.05, 0.1) is 9.88 Å². The minimum Gasteiger partial charge on any atom is -0.326 e. The number of carbonyl (C=O) groups excluding carboxylic acids is 2. The number of carbonyl (C=O) groups is 2. The number of alkyl halides is 3. The highest BCUT2D eigenvalue weighted by molar-refractivity contribution is 7.18. The lowest BCUT2D eigenvalue weighted by Gasteiger charge is -2.37. The third-order valence-electron chi connectivity index (χ3n) is 4.14. The highest BCUT2D eigenvalue weighted by Gasteiger charge is 2.39. The predicted molar refractivity (Wildman–Crippen MR) is 80.4 cm³/mol. The molecule has 0 atom stereocenters. The molecule has 126 valence electrons. The zero-order chi connectivity index (χ0) is 16.6. The number of hydrogen-bond acceptors (Lipinski definition) is 3. The van der Waals surface area contributed by atoms with Crippen LogP contribution in [0, 0.1) is 5.92 Å². The summed E-state index contributed by atoms with van der Waals surface area (Å²) in [6.45, 7) is -1.22. The molecule has 2 aliphatic carbocycles. The summed E-state index contributed by atoms with van der Waals surface area (Å²) in [5.41, 5.74) is 0. The Kier molecular flexibility index (Phi) is 4.35. The zero-order valence-electron chi connectivity index (χ0n) is 12.4. The maximum Gasteiger partial charge on any atom is 0.406 e. The van der Waals surface area contributed by atoms with E-state index in [2.05, 4.69) is 5.32 Å². The van der Waals surface area contributed by atoms with Crippen LogP contribution in [0.15, 0.2) is 12.1 Å². The molecule has 1 heterocycles. The lowest BCUT2D eigenvalue weighted by atomic mass is 9.91. The van der Waals surface area contributed by atoms with Gasteiger partial charge in [-0.15, -0.1) is 11.3 Å². The summed E-state index contributed by atoms with van der Waals surface area (Å²) in [7, 11) is 0. The summed E-state index contributed by atoms with van der Waals surface area (Å²) in [5.74, 6) is -0.658. The van der Waals surface area contributed by atoms with E-state index in [9.17, 15) is 22.8 Å². The summed E-state index contributed by atoms with van der Waals surface area (Å²) in [6, 6.07) is 2.72. The van der Waals surface area contributed by atoms with Gasteiger partial charge in [-0.2, -0.15) is 13.2 Å². The molecule has 4 nitrogen and oxygen atoms in total. The highest BCUT2D eigenvalue weighted by atomic mass is 32.1. The number of nitrogens with one attached hydrogen (secondary N) is 1. The lowest BCUT2D eigenvalue weighted by Crippen LogP contribution is -2.48. The van der Waals surface area contributed by atoms with Gasteiger partial charge in [0.2, 0.25) is 5.91 Å². The first-order valence-electron chi connectivity index (χ1n) is 7.62. The summed E-state index contributed by atoms with van der Waals surface area (Å²) in [4.78, 5) is 25.3. The molecule has 8 heteroatoms. The number of anilines is 1. The van der Waals surface area contributed by atoms with Crippen molar-refractivity contribution in [2.24, 2.45) is 5.92 Å². The van der Waals surface area contributed by atoms with Crippen LogP contribution >= 0.6 is 11.3 Å². The van der Waals surface area contributed by atoms with Crippen molar-refractivity contribution >= 4 is 28.2 Å². The van der Waals surface area contributed by atoms with Crippen molar-refractivity contribution in [2.75, 3.05) is 11.9 Å². The molecule has 0 unspecified atom stereocenters. The number of halogens is 3. The van der Waals surface area contributed by atoms with E-state index in [1.54, 1.807) is 6.07 Å². The molecule has 0 aliphatic heterocycles. The topological polar surface area (TPSA) is 49.4 Å². The molecule has 0 bridgehead atoms. The van der Waals surface area contributed by atoms with Crippen LogP contribution in [-0.4, -0.2) is 35.5 Å². The van der Waals surface area contributed by atoms with Crippen LogP contribution < -0.4 is 5.32 Å². The SMILES string of the molecule is O=C(Nc1ccc(C(=O)N(CC(F)(F)F)C2CCC2)s1)C1CC1. The number of rotatable bonds is 5. The van der Waals surface area contributed by atoms with E-state index in [1.165, 1.54) is 6.07 Å². The van der Waals surface area contributed by atoms with Gasteiger partial charge < -0.3 is 10.2 Å². The molecule has 0 aromatic carbocycles. The van der Waals surface area contributed by atoms with Gasteiger partial charge in [0.1, 0.15) is 6.54 Å². The van der Waals surface area contributed by atoms with E-state index >= 15 is 0 Å². The molecule has 0 radical (unpaired) electrons. The van der Waals surface area contributed by atoms with E-state index in [-0.39, 0.29) is 22.7 Å². The van der Waals surface area contributed by atoms with E-state index in [4.69, 9.17) is 0 Å². The van der Waals surface area contributed by atoms with Gasteiger partial charge in [-0.1, -0.05) is 0 Å². The Morgan fingerprint density at radius 1 is 1.22 bits per heavy atom. The third-order valence-corrected chi connectivity index (χ3v) is 5.13. The van der Waals surface area contributed by atoms with Gasteiger partial charge in [0.15, 0.2) is 0 Å². The van der Waals surface area contributed by atoms with Crippen LogP contribution in [0.2, 0.25) is 0 Å². The second kappa shape index (κ2) is 6.14. The minimum atomic E-state index is -4.41. The molecule has 2 saturated carbocycles. The van der Waals surface area contributed by atoms with Gasteiger partial charge in [-0.05, 0) is 44.2 Å². The van der Waals surface area contributed by atoms with Crippen molar-refractivity contribution in [3.05, 3.63) is 17.0 Å². The Hall–Kier alpha value is -1.57. The molecule has 0 spiro atoms. The van der Waals surface area contributed by atoms with Gasteiger partial charge in [0.25, 0.3) is 5.91 Å². The number of hydrogen-bond donors (Lipinski definition) is 1. The monoisotopic (exact) mass is 346 g/mol. The molecular formula is C15H17F3N2O2S. The fourth-order valence-electron chi connectivity index (χ4n) is 2.49. The maximum atomic E-state index is 12.7. The van der Waals surface area contributed by atoms with Crippen molar-refractivity contribution in [1.82, 2.24) is 4.90 Å². The standard InChI is InChI=1S/C15H17F3N2O2S/c16-15(17,18)8-20(10-2-1-3-10)14(22)11-6-7-12(23-11)19-13(21)9-4-5-9/h6-7,9-10H,1-5,8H2,(H,19,21). The van der Waals surface area contributed by atoms with Crippen LogP contribution in [0.1, 0.15) is 41.8 Å². The van der Waals surface area contributed by atoms with E-state index in [0.717, 1.165) is 35.5 Å². The molecule has 3 rings (SSSR count). The van der Waals surface area contributed by atoms with Gasteiger partial charge in [0, 0.05) is 12.0 Å². The first-order valence-corrected chi connectivity index (χ1v) is 8.43. The van der Waals surface area contributed by atoms with Gasteiger partial charge in [-0.3, -0.25) is 9.59 Å². The van der Waals surface area contributed by atoms with Crippen LogP contribution in [0.5, 0.6) is 0 Å². The van der Waals surface area contributed by atoms with Crippen molar-refractivity contribution in [3.63, 3.8) is 0 Å². The molecule has 1 aromatic rings. The van der Waals surface area contributed by atoms with Crippen LogP contribution in [-0.2, 0) is 4.79 Å². The molecule has 23 heavy (non-hydrogen) atoms. The molecule has 2 aliphatic rings. The minimum absolute atomic E-state index is 0.0351. The summed E-state index contributed by atoms with van der Waals surface area (Å²) in [5, 5.41) is 3.22. The van der Waals surface area contributed by atoms with Gasteiger partial charge in [-0.25, -0.2) is 0 Å². The smallest absolute Gasteiger partial charge is 0.326 e. The van der Waals surface area contributed by atoms with Crippen molar-refractivity contribution in [1.29, 1.82) is 0 Å². The van der Waals surface area contributed by atoms with Crippen molar-refractivity contribution < 1.29 is 22.8 Å². The Morgan fingerprint density at radius 3 is 2.43 bits per heavy atom. The number of amides is 2. The Bertz CT molecular complexity index is 606. The normalized spacial score (nSPS) is 18.4. The van der Waals surface area contributed by atoms with E-state index in [0.29, 0.717) is 17.8 Å². The quantitative estimate of drug-likeness (QED) is 0.885. The summed E-state index contributed by atoms with van der Waals surface area (Å²) < 4.78 is 38.2. The average Bonchev–Trinajstić information content (AvgIpc) is 3.15. The van der Waals surface area contributed by atoms with Crippen molar-refractivity contribution in [2.45, 2.75) is 44.3 Å². The Morgan fingerprint density at radius 2 is 1.91 bits per heavy atom. The first kappa shape index (κ1) is 16.3. The molecule has 2 fully saturated rings. The Labute approximate surface area is 135 Å². The van der Waals surface area contributed by atoms with Gasteiger partial charge >= 0.3 is 6.18 Å². The summed E-state index contributed by atoms with van der Waals surface area (Å²) in [6.07, 6.45) is -0.615. The number of thiophene rings is 1. The maximum absolute atomic E-state index is 12.7. The number of nitrogens with zero attached hydrogens (tertiary/aromatic N) is 1. The molecular weight excluding hydrogens is 329 g/mol. The Balaban J connectivity index is 1.69. The zero-order valence-corrected chi connectivity index (χ0v) is 13.2. The molecule has 0 saturated heterocycles. The van der Waals surface area contributed by atoms with Crippen LogP contribution in [0.4, 0.5) is 18.2 Å². The van der Waals surface area contributed by atoms with Crippen LogP contribution in [0.3, 0.4) is 0 Å². The second-order valence-electron chi connectivity index (χ2n) is 6.06. The van der Waals surface area contributed by atoms with Crippen LogP contribution in [0.25, 0.3) is 0 Å². The highest BCUT2D eigenvalue weighted by Crippen LogP contribution is 2.34. The first-order chi connectivity index (χ1) is 10.8. The average molecular weight is 346 g/mol. The second-order valence-corrected chi connectivity index (χ2v) is 7.14. The lowest BCUT2D eigenvalue weighted by molar-refractivity contribution is -0.147. The van der Waals surface area contributed by atoms with Crippen molar-refractivity contribution in [3.8, 4) is 0 Å². The summed E-state index contributed by atoms with van der Waals surface area (Å²) >= 11 is 1.03. The predicted octanol–water partition coefficient (Wildman–Crippen LogP) is 3.65. The largest absolute Gasteiger partial charge is 0.406 e. The van der Waals surface area contributed by atoms with E-state index in [1.807, 2.05) is 0 Å². The van der Waals surface area contributed by atoms with E-state index < -0.39 is 18.6 Å². The third kappa shape index (κ3) is 4.04. The molecule has 2 amide bonds. The molecule has 1 aromatic heterocycles. The fraction of sp³-hybridized carbons (Fsp3) is 0.600. The fourth-order valence-corrected chi connectivity index (χ4v) is 3.35. The molecule has 1 N–H and O–H groups in total.